The Hall–Kier alpha value is -0.260. The highest BCUT2D eigenvalue weighted by atomic mass is 14.4. The van der Waals surface area contributed by atoms with Gasteiger partial charge >= 0.3 is 0 Å². The summed E-state index contributed by atoms with van der Waals surface area (Å²) < 4.78 is 0. The molecule has 0 heterocycles. The zero-order valence-corrected chi connectivity index (χ0v) is 21.8. The second kappa shape index (κ2) is 17.4. The molecule has 0 spiro atoms. The summed E-state index contributed by atoms with van der Waals surface area (Å²) in [6, 6.07) is 0. The smallest absolute Gasteiger partial charge is 0.0201 e. The van der Waals surface area contributed by atoms with Gasteiger partial charge in [0, 0.05) is 0 Å². The lowest BCUT2D eigenvalue weighted by Crippen LogP contribution is -2.25. The van der Waals surface area contributed by atoms with Gasteiger partial charge in [0.05, 0.1) is 0 Å². The normalized spacial score (nSPS) is 16.9. The fourth-order valence-electron chi connectivity index (χ4n) is 5.41. The third kappa shape index (κ3) is 13.6. The molecule has 0 aromatic heterocycles. The monoisotopic (exact) mass is 406 g/mol. The molecule has 0 aromatic carbocycles. The summed E-state index contributed by atoms with van der Waals surface area (Å²) in [7, 11) is 0. The molecule has 4 unspecified atom stereocenters. The number of rotatable bonds is 20. The molecular weight excluding hydrogens is 348 g/mol. The van der Waals surface area contributed by atoms with E-state index in [1.807, 2.05) is 0 Å². The van der Waals surface area contributed by atoms with Gasteiger partial charge in [0.15, 0.2) is 0 Å². The fourth-order valence-corrected chi connectivity index (χ4v) is 5.41. The van der Waals surface area contributed by atoms with Crippen molar-refractivity contribution < 1.29 is 0 Å². The Kier molecular flexibility index (Phi) is 17.3. The van der Waals surface area contributed by atoms with Gasteiger partial charge in [-0.1, -0.05) is 125 Å². The van der Waals surface area contributed by atoms with Crippen LogP contribution in [-0.4, -0.2) is 0 Å². The molecule has 0 amide bonds. The zero-order valence-electron chi connectivity index (χ0n) is 21.8. The topological polar surface area (TPSA) is 0 Å². The van der Waals surface area contributed by atoms with Crippen molar-refractivity contribution >= 4 is 0 Å². The van der Waals surface area contributed by atoms with Crippen molar-refractivity contribution in [2.45, 2.75) is 151 Å². The van der Waals surface area contributed by atoms with Crippen LogP contribution in [0.5, 0.6) is 0 Å². The Morgan fingerprint density at radius 1 is 0.759 bits per heavy atom. The summed E-state index contributed by atoms with van der Waals surface area (Å²) in [5.74, 6) is 2.55. The van der Waals surface area contributed by atoms with Crippen molar-refractivity contribution in [3.05, 3.63) is 12.2 Å². The second-order valence-electron chi connectivity index (χ2n) is 10.7. The maximum Gasteiger partial charge on any atom is -0.0201 e. The maximum atomic E-state index is 4.55. The molecule has 29 heavy (non-hydrogen) atoms. The van der Waals surface area contributed by atoms with E-state index < -0.39 is 0 Å². The molecule has 0 aliphatic rings. The van der Waals surface area contributed by atoms with Crippen LogP contribution in [0.4, 0.5) is 0 Å². The van der Waals surface area contributed by atoms with Crippen molar-refractivity contribution in [1.82, 2.24) is 0 Å². The van der Waals surface area contributed by atoms with Gasteiger partial charge in [-0.3, -0.25) is 0 Å². The Balaban J connectivity index is 5.11. The lowest BCUT2D eigenvalue weighted by atomic mass is 9.68. The lowest BCUT2D eigenvalue weighted by Gasteiger charge is -2.37. The van der Waals surface area contributed by atoms with E-state index in [0.717, 1.165) is 17.8 Å². The maximum absolute atomic E-state index is 4.55. The predicted octanol–water partition coefficient (Wildman–Crippen LogP) is 10.8. The third-order valence-corrected chi connectivity index (χ3v) is 7.42. The van der Waals surface area contributed by atoms with Crippen molar-refractivity contribution in [3.8, 4) is 0 Å². The highest BCUT2D eigenvalue weighted by Crippen LogP contribution is 2.43. The van der Waals surface area contributed by atoms with Gasteiger partial charge in [-0.15, -0.1) is 0 Å². The van der Waals surface area contributed by atoms with Crippen molar-refractivity contribution in [3.63, 3.8) is 0 Å². The molecule has 0 saturated carbocycles. The molecule has 0 radical (unpaired) electrons. The first-order valence-electron chi connectivity index (χ1n) is 13.5. The first-order chi connectivity index (χ1) is 13.9. The van der Waals surface area contributed by atoms with E-state index in [-0.39, 0.29) is 0 Å². The third-order valence-electron chi connectivity index (χ3n) is 7.42. The first kappa shape index (κ1) is 28.7. The summed E-state index contributed by atoms with van der Waals surface area (Å²) in [6.45, 7) is 21.4. The largest absolute Gasteiger partial charge is 0.0996 e. The first-order valence-corrected chi connectivity index (χ1v) is 13.5. The minimum atomic E-state index is 0.482. The van der Waals surface area contributed by atoms with Crippen molar-refractivity contribution in [1.29, 1.82) is 0 Å². The number of allylic oxidation sites excluding steroid dienone is 1. The van der Waals surface area contributed by atoms with Gasteiger partial charge in [0.25, 0.3) is 0 Å². The molecule has 0 rings (SSSR count). The van der Waals surface area contributed by atoms with E-state index in [9.17, 15) is 0 Å². The van der Waals surface area contributed by atoms with Gasteiger partial charge < -0.3 is 0 Å². The predicted molar refractivity (Wildman–Crippen MR) is 136 cm³/mol. The Labute approximate surface area is 186 Å². The SMILES string of the molecule is C=C(CCCC)C(CCC)CC(C)(CC)CC(CCCCCC)CC(C)CCC. The van der Waals surface area contributed by atoms with Crippen LogP contribution in [0.1, 0.15) is 151 Å². The lowest BCUT2D eigenvalue weighted by molar-refractivity contribution is 0.159. The summed E-state index contributed by atoms with van der Waals surface area (Å²) in [4.78, 5) is 0. The molecule has 0 heteroatoms. The molecule has 0 N–H and O–H groups in total. The van der Waals surface area contributed by atoms with Crippen LogP contribution in [0.15, 0.2) is 12.2 Å². The van der Waals surface area contributed by atoms with Crippen LogP contribution in [-0.2, 0) is 0 Å². The number of hydrogen-bond donors (Lipinski definition) is 0. The van der Waals surface area contributed by atoms with Crippen LogP contribution in [0.2, 0.25) is 0 Å². The van der Waals surface area contributed by atoms with Crippen molar-refractivity contribution in [2.24, 2.45) is 23.2 Å². The quantitative estimate of drug-likeness (QED) is 0.139. The minimum absolute atomic E-state index is 0.482. The van der Waals surface area contributed by atoms with E-state index in [1.54, 1.807) is 5.57 Å². The number of hydrogen-bond acceptors (Lipinski definition) is 0. The van der Waals surface area contributed by atoms with Gasteiger partial charge in [-0.05, 0) is 61.7 Å². The molecule has 0 fully saturated rings. The molecule has 0 aliphatic heterocycles. The molecular formula is C29H58. The van der Waals surface area contributed by atoms with E-state index in [1.165, 1.54) is 103 Å². The molecule has 0 aliphatic carbocycles. The minimum Gasteiger partial charge on any atom is -0.0996 e. The Bertz CT molecular complexity index is 381. The molecule has 0 nitrogen and oxygen atoms in total. The van der Waals surface area contributed by atoms with Gasteiger partial charge in [-0.25, -0.2) is 0 Å². The summed E-state index contributed by atoms with van der Waals surface area (Å²) in [5.41, 5.74) is 2.03. The molecule has 0 bridgehead atoms. The van der Waals surface area contributed by atoms with Crippen LogP contribution in [0.3, 0.4) is 0 Å². The summed E-state index contributed by atoms with van der Waals surface area (Å²) in [5, 5.41) is 0. The molecule has 174 valence electrons. The van der Waals surface area contributed by atoms with Crippen LogP contribution >= 0.6 is 0 Å². The summed E-state index contributed by atoms with van der Waals surface area (Å²) in [6.07, 6.45) is 21.9. The van der Waals surface area contributed by atoms with E-state index in [2.05, 4.69) is 55.0 Å². The van der Waals surface area contributed by atoms with Crippen molar-refractivity contribution in [2.75, 3.05) is 0 Å². The highest BCUT2D eigenvalue weighted by Gasteiger charge is 2.30. The average Bonchev–Trinajstić information content (AvgIpc) is 2.69. The fraction of sp³-hybridized carbons (Fsp3) is 0.931. The Morgan fingerprint density at radius 2 is 1.41 bits per heavy atom. The molecule has 0 saturated heterocycles. The standard InChI is InChI=1S/C29H58/c1-9-14-16-17-21-27(22-25(6)18-11-3)23-29(8,13-5)24-28(19-12-4)26(7)20-15-10-2/h25,27-28H,7,9-24H2,1-6,8H3. The van der Waals surface area contributed by atoms with Gasteiger partial charge in [0.2, 0.25) is 0 Å². The second-order valence-corrected chi connectivity index (χ2v) is 10.7. The zero-order chi connectivity index (χ0) is 22.1. The molecule has 0 aromatic rings. The Morgan fingerprint density at radius 3 is 1.97 bits per heavy atom. The summed E-state index contributed by atoms with van der Waals surface area (Å²) >= 11 is 0. The van der Waals surface area contributed by atoms with E-state index in [0.29, 0.717) is 5.41 Å². The highest BCUT2D eigenvalue weighted by molar-refractivity contribution is 5.02. The van der Waals surface area contributed by atoms with Crippen LogP contribution < -0.4 is 0 Å². The van der Waals surface area contributed by atoms with Gasteiger partial charge in [-0.2, -0.15) is 0 Å². The van der Waals surface area contributed by atoms with Crippen LogP contribution in [0.25, 0.3) is 0 Å². The number of unbranched alkanes of at least 4 members (excludes halogenated alkanes) is 4. The van der Waals surface area contributed by atoms with E-state index >= 15 is 0 Å². The van der Waals surface area contributed by atoms with Gasteiger partial charge in [0.1, 0.15) is 0 Å². The molecule has 4 atom stereocenters. The average molecular weight is 407 g/mol. The van der Waals surface area contributed by atoms with E-state index in [4.69, 9.17) is 0 Å². The van der Waals surface area contributed by atoms with Crippen LogP contribution in [0, 0.1) is 23.2 Å².